The topological polar surface area (TPSA) is 74.3 Å². The van der Waals surface area contributed by atoms with E-state index in [0.29, 0.717) is 17.6 Å². The number of nitrogens with zero attached hydrogens (tertiary/aromatic N) is 2. The fourth-order valence-electron chi connectivity index (χ4n) is 4.95. The Morgan fingerprint density at radius 3 is 2.86 bits per heavy atom. The Morgan fingerprint density at radius 2 is 2.14 bits per heavy atom. The normalized spacial score (nSPS) is 25.3. The van der Waals surface area contributed by atoms with Gasteiger partial charge in [0.1, 0.15) is 10.7 Å². The van der Waals surface area contributed by atoms with Crippen molar-refractivity contribution in [2.24, 2.45) is 5.41 Å². The number of fused-ring (bicyclic) bond motifs is 1. The highest BCUT2D eigenvalue weighted by molar-refractivity contribution is 7.93. The maximum Gasteiger partial charge on any atom is 0.266 e. The van der Waals surface area contributed by atoms with Gasteiger partial charge in [-0.25, -0.2) is 17.8 Å². The Balaban J connectivity index is 1.35. The summed E-state index contributed by atoms with van der Waals surface area (Å²) in [6, 6.07) is 2.34. The summed E-state index contributed by atoms with van der Waals surface area (Å²) in [6.45, 7) is 2.97. The average Bonchev–Trinajstić information content (AvgIpc) is 2.96. The van der Waals surface area contributed by atoms with Crippen LogP contribution >= 0.6 is 22.9 Å². The monoisotopic (exact) mass is 456 g/mol. The molecular formula is C19H22ClFN4O2S2. The van der Waals surface area contributed by atoms with Gasteiger partial charge in [-0.1, -0.05) is 11.6 Å². The summed E-state index contributed by atoms with van der Waals surface area (Å²) in [4.78, 5) is 5.97. The molecule has 5 rings (SSSR count). The molecule has 0 bridgehead atoms. The predicted molar refractivity (Wildman–Crippen MR) is 113 cm³/mol. The fourth-order valence-corrected chi connectivity index (χ4v) is 7.12. The van der Waals surface area contributed by atoms with Gasteiger partial charge in [0.2, 0.25) is 0 Å². The number of hydrogen-bond donors (Lipinski definition) is 2. The van der Waals surface area contributed by atoms with Gasteiger partial charge in [0, 0.05) is 30.2 Å². The average molecular weight is 457 g/mol. The van der Waals surface area contributed by atoms with Gasteiger partial charge in [-0.3, -0.25) is 9.62 Å². The maximum atomic E-state index is 14.7. The van der Waals surface area contributed by atoms with Crippen LogP contribution in [0.3, 0.4) is 0 Å². The molecule has 2 N–H and O–H groups in total. The van der Waals surface area contributed by atoms with E-state index in [9.17, 15) is 12.8 Å². The van der Waals surface area contributed by atoms with Crippen molar-refractivity contribution < 1.29 is 12.8 Å². The van der Waals surface area contributed by atoms with Gasteiger partial charge in [-0.2, -0.15) is 0 Å². The molecule has 2 aromatic rings. The summed E-state index contributed by atoms with van der Waals surface area (Å²) >= 11 is 7.45. The van der Waals surface area contributed by atoms with E-state index in [-0.39, 0.29) is 15.7 Å². The van der Waals surface area contributed by atoms with Gasteiger partial charge in [0.05, 0.1) is 10.7 Å². The molecule has 0 unspecified atom stereocenters. The van der Waals surface area contributed by atoms with E-state index in [2.05, 4.69) is 19.9 Å². The van der Waals surface area contributed by atoms with Crippen molar-refractivity contribution in [2.45, 2.75) is 42.5 Å². The zero-order valence-corrected chi connectivity index (χ0v) is 18.1. The highest BCUT2D eigenvalue weighted by Crippen LogP contribution is 2.60. The van der Waals surface area contributed by atoms with Crippen molar-refractivity contribution in [3.8, 4) is 0 Å². The van der Waals surface area contributed by atoms with Crippen LogP contribution in [0.4, 0.5) is 15.2 Å². The molecule has 1 spiro atoms. The van der Waals surface area contributed by atoms with E-state index >= 15 is 0 Å². The summed E-state index contributed by atoms with van der Waals surface area (Å²) in [5.41, 5.74) is 1.03. The molecule has 0 amide bonds. The van der Waals surface area contributed by atoms with E-state index in [1.54, 1.807) is 5.38 Å². The highest BCUT2D eigenvalue weighted by Gasteiger charge is 2.59. The molecule has 3 heterocycles. The van der Waals surface area contributed by atoms with Crippen LogP contribution in [0.5, 0.6) is 0 Å². The molecule has 156 valence electrons. The lowest BCUT2D eigenvalue weighted by atomic mass is 9.88. The van der Waals surface area contributed by atoms with Gasteiger partial charge in [0.25, 0.3) is 10.0 Å². The molecule has 1 atom stereocenters. The lowest BCUT2D eigenvalue weighted by molar-refractivity contribution is 0.209. The second-order valence-electron chi connectivity index (χ2n) is 8.49. The summed E-state index contributed by atoms with van der Waals surface area (Å²) < 4.78 is 42.0. The number of aromatic nitrogens is 1. The molecule has 3 fully saturated rings. The van der Waals surface area contributed by atoms with Crippen molar-refractivity contribution in [3.63, 3.8) is 0 Å². The first-order chi connectivity index (χ1) is 13.8. The number of halogens is 2. The number of nitrogens with one attached hydrogen (secondary N) is 2. The molecule has 2 aliphatic heterocycles. The second kappa shape index (κ2) is 6.80. The van der Waals surface area contributed by atoms with Crippen LogP contribution < -0.4 is 10.0 Å². The first kappa shape index (κ1) is 19.5. The van der Waals surface area contributed by atoms with Crippen LogP contribution in [0.1, 0.15) is 32.1 Å². The summed E-state index contributed by atoms with van der Waals surface area (Å²) in [5.74, 6) is -0.841. The van der Waals surface area contributed by atoms with E-state index in [1.165, 1.54) is 37.9 Å². The van der Waals surface area contributed by atoms with Crippen molar-refractivity contribution >= 4 is 43.8 Å². The molecule has 10 heteroatoms. The third kappa shape index (κ3) is 3.52. The van der Waals surface area contributed by atoms with Crippen molar-refractivity contribution in [3.05, 3.63) is 34.5 Å². The zero-order valence-electron chi connectivity index (χ0n) is 15.7. The Labute approximate surface area is 178 Å². The van der Waals surface area contributed by atoms with E-state index in [1.807, 2.05) is 0 Å². The SMILES string of the molecule is O=S(=O)(Nc1nccs1)c1cc(Cl)c(NC[C@@]23CCCN2CC2(CC2)C3)cc1F. The van der Waals surface area contributed by atoms with Crippen LogP contribution in [0.2, 0.25) is 5.02 Å². The Morgan fingerprint density at radius 1 is 1.31 bits per heavy atom. The molecule has 6 nitrogen and oxygen atoms in total. The van der Waals surface area contributed by atoms with E-state index < -0.39 is 20.7 Å². The zero-order chi connectivity index (χ0) is 20.3. The van der Waals surface area contributed by atoms with Gasteiger partial charge in [-0.15, -0.1) is 11.3 Å². The maximum absolute atomic E-state index is 14.7. The molecule has 1 aromatic carbocycles. The van der Waals surface area contributed by atoms with Crippen LogP contribution in [-0.4, -0.2) is 43.5 Å². The number of rotatable bonds is 6. The minimum Gasteiger partial charge on any atom is -0.382 e. The molecule has 1 aromatic heterocycles. The number of benzene rings is 1. The van der Waals surface area contributed by atoms with Gasteiger partial charge in [0.15, 0.2) is 5.13 Å². The molecular weight excluding hydrogens is 435 g/mol. The minimum atomic E-state index is -4.10. The predicted octanol–water partition coefficient (Wildman–Crippen LogP) is 4.17. The fraction of sp³-hybridized carbons (Fsp3) is 0.526. The van der Waals surface area contributed by atoms with Crippen molar-refractivity contribution in [1.82, 2.24) is 9.88 Å². The molecule has 1 saturated carbocycles. The Kier molecular flexibility index (Phi) is 4.58. The summed E-state index contributed by atoms with van der Waals surface area (Å²) in [7, 11) is -4.10. The lowest BCUT2D eigenvalue weighted by Gasteiger charge is -2.32. The van der Waals surface area contributed by atoms with Gasteiger partial charge < -0.3 is 5.32 Å². The molecule has 3 aliphatic rings. The number of sulfonamides is 1. The van der Waals surface area contributed by atoms with Crippen LogP contribution in [0.25, 0.3) is 0 Å². The van der Waals surface area contributed by atoms with Crippen molar-refractivity contribution in [1.29, 1.82) is 0 Å². The summed E-state index contributed by atoms with van der Waals surface area (Å²) in [6.07, 6.45) is 7.57. The Bertz CT molecular complexity index is 1040. The highest BCUT2D eigenvalue weighted by atomic mass is 35.5. The number of thiazole rings is 1. The standard InChI is InChI=1S/C19H22ClFN4O2S2/c20-13-8-16(29(26,27)24-17-22-5-7-28-17)14(21)9-15(13)23-11-19-2-1-6-25(19)12-18(10-19)3-4-18/h5,7-9,23H,1-4,6,10-12H2,(H,22,24)/t19-/m0/s1. The van der Waals surface area contributed by atoms with Crippen LogP contribution in [-0.2, 0) is 10.0 Å². The smallest absolute Gasteiger partial charge is 0.266 e. The third-order valence-corrected chi connectivity index (χ3v) is 8.99. The van der Waals surface area contributed by atoms with Gasteiger partial charge in [-0.05, 0) is 56.2 Å². The third-order valence-electron chi connectivity index (χ3n) is 6.50. The minimum absolute atomic E-state index is 0.105. The molecule has 1 aliphatic carbocycles. The first-order valence-electron chi connectivity index (χ1n) is 9.71. The van der Waals surface area contributed by atoms with E-state index in [4.69, 9.17) is 11.6 Å². The van der Waals surface area contributed by atoms with Crippen LogP contribution in [0.15, 0.2) is 28.6 Å². The van der Waals surface area contributed by atoms with E-state index in [0.717, 1.165) is 36.9 Å². The van der Waals surface area contributed by atoms with Gasteiger partial charge >= 0.3 is 0 Å². The number of hydrogen-bond acceptors (Lipinski definition) is 6. The summed E-state index contributed by atoms with van der Waals surface area (Å²) in [5, 5.41) is 5.31. The molecule has 2 saturated heterocycles. The largest absolute Gasteiger partial charge is 0.382 e. The first-order valence-corrected chi connectivity index (χ1v) is 12.5. The van der Waals surface area contributed by atoms with Crippen LogP contribution in [0, 0.1) is 11.2 Å². The Hall–Kier alpha value is -1.42. The molecule has 0 radical (unpaired) electrons. The molecule has 29 heavy (non-hydrogen) atoms. The quantitative estimate of drug-likeness (QED) is 0.682. The second-order valence-corrected chi connectivity index (χ2v) is 11.4. The number of anilines is 2. The van der Waals surface area contributed by atoms with Crippen molar-refractivity contribution in [2.75, 3.05) is 29.7 Å². The lowest BCUT2D eigenvalue weighted by Crippen LogP contribution is -2.44.